The van der Waals surface area contributed by atoms with Crippen LogP contribution in [0.5, 0.6) is 5.75 Å². The first kappa shape index (κ1) is 13.8. The van der Waals surface area contributed by atoms with Gasteiger partial charge in [0.15, 0.2) is 0 Å². The number of ether oxygens (including phenoxy) is 2. The molecule has 1 aromatic rings. The molecule has 0 atom stereocenters. The maximum absolute atomic E-state index is 11.1. The van der Waals surface area contributed by atoms with Gasteiger partial charge in [0.2, 0.25) is 5.91 Å². The van der Waals surface area contributed by atoms with Crippen LogP contribution in [-0.2, 0) is 9.53 Å². The van der Waals surface area contributed by atoms with Crippen LogP contribution in [0.25, 0.3) is 0 Å². The number of hydrogen-bond acceptors (Lipinski definition) is 4. The molecule has 1 rings (SSSR count). The molecule has 0 fully saturated rings. The zero-order valence-corrected chi connectivity index (χ0v) is 10.3. The first-order valence-corrected chi connectivity index (χ1v) is 5.46. The lowest BCUT2D eigenvalue weighted by atomic mass is 10.3. The molecule has 94 valence electrons. The van der Waals surface area contributed by atoms with E-state index in [-0.39, 0.29) is 12.5 Å². The standard InChI is InChI=1S/C11H15ClN2O3/c1-16-4-5-17-10-3-2-8(6-9(10)12)14-11(15)7-13/h2-3,6H,4-5,7,13H2,1H3,(H,14,15). The van der Waals surface area contributed by atoms with Gasteiger partial charge in [-0.05, 0) is 18.2 Å². The zero-order chi connectivity index (χ0) is 12.7. The Morgan fingerprint density at radius 2 is 2.24 bits per heavy atom. The van der Waals surface area contributed by atoms with Crippen LogP contribution in [0.4, 0.5) is 5.69 Å². The fourth-order valence-electron chi connectivity index (χ4n) is 1.14. The maximum Gasteiger partial charge on any atom is 0.238 e. The topological polar surface area (TPSA) is 73.6 Å². The van der Waals surface area contributed by atoms with Gasteiger partial charge in [-0.3, -0.25) is 4.79 Å². The first-order valence-electron chi connectivity index (χ1n) is 5.08. The van der Waals surface area contributed by atoms with Crippen molar-refractivity contribution in [2.24, 2.45) is 5.73 Å². The highest BCUT2D eigenvalue weighted by molar-refractivity contribution is 6.32. The van der Waals surface area contributed by atoms with E-state index >= 15 is 0 Å². The normalized spacial score (nSPS) is 10.1. The number of anilines is 1. The SMILES string of the molecule is COCCOc1ccc(NC(=O)CN)cc1Cl. The highest BCUT2D eigenvalue weighted by Gasteiger charge is 2.05. The van der Waals surface area contributed by atoms with Crippen LogP contribution in [0.1, 0.15) is 0 Å². The zero-order valence-electron chi connectivity index (χ0n) is 9.53. The van der Waals surface area contributed by atoms with E-state index in [0.29, 0.717) is 29.7 Å². The number of methoxy groups -OCH3 is 1. The molecule has 0 spiro atoms. The van der Waals surface area contributed by atoms with Gasteiger partial charge < -0.3 is 20.5 Å². The minimum atomic E-state index is -0.269. The number of benzene rings is 1. The van der Waals surface area contributed by atoms with Crippen molar-refractivity contribution in [3.8, 4) is 5.75 Å². The van der Waals surface area contributed by atoms with Crippen LogP contribution < -0.4 is 15.8 Å². The number of carbonyl (C=O) groups is 1. The third kappa shape index (κ3) is 4.60. The second kappa shape index (κ2) is 7.11. The first-order chi connectivity index (χ1) is 8.17. The monoisotopic (exact) mass is 258 g/mol. The van der Waals surface area contributed by atoms with Crippen molar-refractivity contribution < 1.29 is 14.3 Å². The summed E-state index contributed by atoms with van der Waals surface area (Å²) in [7, 11) is 1.59. The van der Waals surface area contributed by atoms with Gasteiger partial charge in [0.25, 0.3) is 0 Å². The van der Waals surface area contributed by atoms with Crippen molar-refractivity contribution in [3.05, 3.63) is 23.2 Å². The highest BCUT2D eigenvalue weighted by atomic mass is 35.5. The summed E-state index contributed by atoms with van der Waals surface area (Å²) in [5.74, 6) is 0.281. The van der Waals surface area contributed by atoms with Crippen molar-refractivity contribution >= 4 is 23.2 Å². The van der Waals surface area contributed by atoms with Crippen LogP contribution in [0.15, 0.2) is 18.2 Å². The molecule has 5 nitrogen and oxygen atoms in total. The third-order valence-electron chi connectivity index (χ3n) is 1.95. The summed E-state index contributed by atoms with van der Waals surface area (Å²) in [6, 6.07) is 4.99. The van der Waals surface area contributed by atoms with Gasteiger partial charge >= 0.3 is 0 Å². The van der Waals surface area contributed by atoms with Gasteiger partial charge in [0.05, 0.1) is 18.2 Å². The second-order valence-corrected chi connectivity index (χ2v) is 3.65. The smallest absolute Gasteiger partial charge is 0.238 e. The van der Waals surface area contributed by atoms with Crippen molar-refractivity contribution in [3.63, 3.8) is 0 Å². The quantitative estimate of drug-likeness (QED) is 0.754. The third-order valence-corrected chi connectivity index (χ3v) is 2.24. The molecular formula is C11H15ClN2O3. The summed E-state index contributed by atoms with van der Waals surface area (Å²) < 4.78 is 10.2. The largest absolute Gasteiger partial charge is 0.490 e. The van der Waals surface area contributed by atoms with Crippen LogP contribution in [0, 0.1) is 0 Å². The highest BCUT2D eigenvalue weighted by Crippen LogP contribution is 2.27. The van der Waals surface area contributed by atoms with Gasteiger partial charge in [-0.2, -0.15) is 0 Å². The van der Waals surface area contributed by atoms with E-state index in [9.17, 15) is 4.79 Å². The molecular weight excluding hydrogens is 244 g/mol. The number of carbonyl (C=O) groups excluding carboxylic acids is 1. The van der Waals surface area contributed by atoms with E-state index in [4.69, 9.17) is 26.8 Å². The van der Waals surface area contributed by atoms with E-state index < -0.39 is 0 Å². The molecule has 0 heterocycles. The number of rotatable bonds is 6. The minimum Gasteiger partial charge on any atom is -0.490 e. The van der Waals surface area contributed by atoms with Crippen molar-refractivity contribution in [1.29, 1.82) is 0 Å². The fraction of sp³-hybridized carbons (Fsp3) is 0.364. The molecule has 0 aliphatic rings. The lowest BCUT2D eigenvalue weighted by molar-refractivity contribution is -0.114. The molecule has 0 aliphatic carbocycles. The predicted octanol–water partition coefficient (Wildman–Crippen LogP) is 1.26. The molecule has 3 N–H and O–H groups in total. The van der Waals surface area contributed by atoms with E-state index in [2.05, 4.69) is 5.32 Å². The predicted molar refractivity (Wildman–Crippen MR) is 66.5 cm³/mol. The van der Waals surface area contributed by atoms with E-state index in [1.54, 1.807) is 25.3 Å². The molecule has 1 amide bonds. The second-order valence-electron chi connectivity index (χ2n) is 3.24. The van der Waals surface area contributed by atoms with Crippen LogP contribution >= 0.6 is 11.6 Å². The average Bonchev–Trinajstić information content (AvgIpc) is 2.32. The Hall–Kier alpha value is -1.30. The summed E-state index contributed by atoms with van der Waals surface area (Å²) in [6.45, 7) is 0.844. The summed E-state index contributed by atoms with van der Waals surface area (Å²) >= 11 is 5.99. The number of amides is 1. The Morgan fingerprint density at radius 3 is 2.82 bits per heavy atom. The summed E-state index contributed by atoms with van der Waals surface area (Å²) in [4.78, 5) is 11.1. The van der Waals surface area contributed by atoms with Gasteiger partial charge in [0.1, 0.15) is 12.4 Å². The molecule has 0 unspecified atom stereocenters. The van der Waals surface area contributed by atoms with Crippen molar-refractivity contribution in [2.45, 2.75) is 0 Å². The summed E-state index contributed by atoms with van der Waals surface area (Å²) in [6.07, 6.45) is 0. The molecule has 17 heavy (non-hydrogen) atoms. The fourth-order valence-corrected chi connectivity index (χ4v) is 1.38. The molecule has 1 aromatic carbocycles. The Morgan fingerprint density at radius 1 is 1.47 bits per heavy atom. The van der Waals surface area contributed by atoms with Crippen LogP contribution in [-0.4, -0.2) is 32.8 Å². The molecule has 0 saturated heterocycles. The Balaban J connectivity index is 2.62. The Bertz CT molecular complexity index is 385. The number of hydrogen-bond donors (Lipinski definition) is 2. The molecule has 6 heteroatoms. The Labute approximate surface area is 105 Å². The van der Waals surface area contributed by atoms with Gasteiger partial charge in [-0.25, -0.2) is 0 Å². The maximum atomic E-state index is 11.1. The molecule has 0 bridgehead atoms. The van der Waals surface area contributed by atoms with Gasteiger partial charge in [-0.1, -0.05) is 11.6 Å². The molecule has 0 saturated carbocycles. The number of nitrogens with two attached hydrogens (primary N) is 1. The number of nitrogens with one attached hydrogen (secondary N) is 1. The molecule has 0 aromatic heterocycles. The molecule has 0 radical (unpaired) electrons. The Kier molecular flexibility index (Phi) is 5.76. The lowest BCUT2D eigenvalue weighted by Gasteiger charge is -2.09. The number of halogens is 1. The van der Waals surface area contributed by atoms with Crippen molar-refractivity contribution in [1.82, 2.24) is 0 Å². The average molecular weight is 259 g/mol. The van der Waals surface area contributed by atoms with E-state index in [1.807, 2.05) is 0 Å². The van der Waals surface area contributed by atoms with Crippen LogP contribution in [0.2, 0.25) is 5.02 Å². The summed E-state index contributed by atoms with van der Waals surface area (Å²) in [5, 5.41) is 3.03. The van der Waals surface area contributed by atoms with E-state index in [0.717, 1.165) is 0 Å². The van der Waals surface area contributed by atoms with Gasteiger partial charge in [-0.15, -0.1) is 0 Å². The molecule has 0 aliphatic heterocycles. The van der Waals surface area contributed by atoms with Crippen molar-refractivity contribution in [2.75, 3.05) is 32.2 Å². The minimum absolute atomic E-state index is 0.0658. The van der Waals surface area contributed by atoms with Crippen LogP contribution in [0.3, 0.4) is 0 Å². The summed E-state index contributed by atoms with van der Waals surface area (Å²) in [5.41, 5.74) is 5.77. The lowest BCUT2D eigenvalue weighted by Crippen LogP contribution is -2.21. The van der Waals surface area contributed by atoms with E-state index in [1.165, 1.54) is 0 Å². The van der Waals surface area contributed by atoms with Gasteiger partial charge in [0, 0.05) is 12.8 Å².